The number of hydrogen-bond donors (Lipinski definition) is 0. The maximum Gasteiger partial charge on any atom is 0.227 e. The van der Waals surface area contributed by atoms with Gasteiger partial charge in [0.2, 0.25) is 15.9 Å². The summed E-state index contributed by atoms with van der Waals surface area (Å²) in [5.41, 5.74) is 2.14. The molecule has 0 unspecified atom stereocenters. The predicted octanol–water partition coefficient (Wildman–Crippen LogP) is 1.03. The topological polar surface area (TPSA) is 57.7 Å². The zero-order valence-electron chi connectivity index (χ0n) is 12.6. The van der Waals surface area contributed by atoms with Crippen molar-refractivity contribution in [3.63, 3.8) is 0 Å². The van der Waals surface area contributed by atoms with E-state index in [1.807, 2.05) is 31.2 Å². The molecular weight excluding hydrogens is 288 g/mol. The van der Waals surface area contributed by atoms with Crippen molar-refractivity contribution in [1.29, 1.82) is 0 Å². The Balaban J connectivity index is 1.92. The minimum absolute atomic E-state index is 0.0640. The van der Waals surface area contributed by atoms with Crippen molar-refractivity contribution < 1.29 is 13.2 Å². The highest BCUT2D eigenvalue weighted by Gasteiger charge is 2.27. The van der Waals surface area contributed by atoms with E-state index in [0.29, 0.717) is 32.6 Å². The number of benzene rings is 1. The Morgan fingerprint density at radius 2 is 1.86 bits per heavy atom. The molecule has 0 aromatic heterocycles. The van der Waals surface area contributed by atoms with Gasteiger partial charge in [0.15, 0.2) is 0 Å². The maximum absolute atomic E-state index is 12.3. The zero-order valence-corrected chi connectivity index (χ0v) is 13.4. The molecule has 0 aliphatic carbocycles. The number of rotatable bonds is 4. The molecule has 1 heterocycles. The Morgan fingerprint density at radius 3 is 2.43 bits per heavy atom. The monoisotopic (exact) mass is 310 g/mol. The summed E-state index contributed by atoms with van der Waals surface area (Å²) in [6, 6.07) is 7.91. The van der Waals surface area contributed by atoms with Gasteiger partial charge < -0.3 is 4.90 Å². The van der Waals surface area contributed by atoms with Gasteiger partial charge in [-0.3, -0.25) is 4.79 Å². The third kappa shape index (κ3) is 4.04. The Morgan fingerprint density at radius 1 is 1.19 bits per heavy atom. The summed E-state index contributed by atoms with van der Waals surface area (Å²) in [6.45, 7) is 5.40. The zero-order chi connectivity index (χ0) is 15.5. The molecule has 0 radical (unpaired) electrons. The van der Waals surface area contributed by atoms with Crippen LogP contribution < -0.4 is 0 Å². The van der Waals surface area contributed by atoms with Crippen LogP contribution in [0.1, 0.15) is 18.1 Å². The van der Waals surface area contributed by atoms with Gasteiger partial charge in [-0.15, -0.1) is 0 Å². The molecule has 5 nitrogen and oxygen atoms in total. The Hall–Kier alpha value is -1.40. The van der Waals surface area contributed by atoms with Crippen LogP contribution in [0.2, 0.25) is 0 Å². The summed E-state index contributed by atoms with van der Waals surface area (Å²) in [5, 5.41) is 0. The van der Waals surface area contributed by atoms with Crippen molar-refractivity contribution in [1.82, 2.24) is 9.21 Å². The van der Waals surface area contributed by atoms with E-state index >= 15 is 0 Å². The van der Waals surface area contributed by atoms with Gasteiger partial charge in [-0.1, -0.05) is 29.8 Å². The van der Waals surface area contributed by atoms with Crippen LogP contribution in [0.15, 0.2) is 24.3 Å². The van der Waals surface area contributed by atoms with Crippen molar-refractivity contribution in [2.75, 3.05) is 31.9 Å². The molecule has 2 rings (SSSR count). The smallest absolute Gasteiger partial charge is 0.227 e. The lowest BCUT2D eigenvalue weighted by Crippen LogP contribution is -2.51. The summed E-state index contributed by atoms with van der Waals surface area (Å²) in [7, 11) is -3.14. The van der Waals surface area contributed by atoms with Crippen molar-refractivity contribution in [2.24, 2.45) is 0 Å². The molecule has 1 aromatic rings. The highest BCUT2D eigenvalue weighted by Crippen LogP contribution is 2.11. The second-order valence-corrected chi connectivity index (χ2v) is 7.60. The van der Waals surface area contributed by atoms with Crippen molar-refractivity contribution >= 4 is 15.9 Å². The van der Waals surface area contributed by atoms with Gasteiger partial charge in [0, 0.05) is 26.2 Å². The lowest BCUT2D eigenvalue weighted by atomic mass is 10.1. The molecule has 1 aliphatic rings. The molecule has 0 N–H and O–H groups in total. The van der Waals surface area contributed by atoms with E-state index in [4.69, 9.17) is 0 Å². The van der Waals surface area contributed by atoms with E-state index in [0.717, 1.165) is 11.1 Å². The summed E-state index contributed by atoms with van der Waals surface area (Å²) in [5.74, 6) is 0.179. The Bertz CT molecular complexity index is 605. The molecule has 1 fully saturated rings. The molecule has 116 valence electrons. The van der Waals surface area contributed by atoms with E-state index in [9.17, 15) is 13.2 Å². The van der Waals surface area contributed by atoms with Gasteiger partial charge in [0.05, 0.1) is 12.2 Å². The number of nitrogens with zero attached hydrogens (tertiary/aromatic N) is 2. The Kier molecular flexibility index (Phi) is 5.00. The molecule has 1 aliphatic heterocycles. The third-order valence-corrected chi connectivity index (χ3v) is 5.67. The fraction of sp³-hybridized carbons (Fsp3) is 0.533. The molecule has 0 bridgehead atoms. The van der Waals surface area contributed by atoms with Gasteiger partial charge in [-0.2, -0.15) is 4.31 Å². The van der Waals surface area contributed by atoms with Gasteiger partial charge in [-0.25, -0.2) is 8.42 Å². The fourth-order valence-corrected chi connectivity index (χ4v) is 3.59. The van der Waals surface area contributed by atoms with E-state index in [1.54, 1.807) is 11.8 Å². The molecule has 0 atom stereocenters. The van der Waals surface area contributed by atoms with Crippen LogP contribution in [0.5, 0.6) is 0 Å². The average Bonchev–Trinajstić information content (AvgIpc) is 2.47. The number of carbonyl (C=O) groups excluding carboxylic acids is 1. The number of amides is 1. The standard InChI is InChI=1S/C15H22N2O3S/c1-3-21(19,20)17-9-7-16(8-10-17)15(18)12-14-6-4-5-13(2)11-14/h4-6,11H,3,7-10,12H2,1-2H3. The lowest BCUT2D eigenvalue weighted by molar-refractivity contribution is -0.131. The fourth-order valence-electron chi connectivity index (χ4n) is 2.51. The van der Waals surface area contributed by atoms with Gasteiger partial charge in [0.1, 0.15) is 0 Å². The largest absolute Gasteiger partial charge is 0.340 e. The molecule has 21 heavy (non-hydrogen) atoms. The molecule has 1 saturated heterocycles. The summed E-state index contributed by atoms with van der Waals surface area (Å²) in [4.78, 5) is 14.0. The van der Waals surface area contributed by atoms with Crippen molar-refractivity contribution in [2.45, 2.75) is 20.3 Å². The SMILES string of the molecule is CCS(=O)(=O)N1CCN(C(=O)Cc2cccc(C)c2)CC1. The molecule has 1 aromatic carbocycles. The first-order chi connectivity index (χ1) is 9.92. The number of hydrogen-bond acceptors (Lipinski definition) is 3. The van der Waals surface area contributed by atoms with E-state index in [-0.39, 0.29) is 11.7 Å². The van der Waals surface area contributed by atoms with Crippen molar-refractivity contribution in [3.05, 3.63) is 35.4 Å². The maximum atomic E-state index is 12.3. The molecule has 0 spiro atoms. The summed E-state index contributed by atoms with van der Waals surface area (Å²) >= 11 is 0. The minimum Gasteiger partial charge on any atom is -0.340 e. The highest BCUT2D eigenvalue weighted by atomic mass is 32.2. The molecule has 1 amide bonds. The first-order valence-electron chi connectivity index (χ1n) is 7.23. The van der Waals surface area contributed by atoms with Crippen LogP contribution >= 0.6 is 0 Å². The van der Waals surface area contributed by atoms with Crippen molar-refractivity contribution in [3.8, 4) is 0 Å². The Labute approximate surface area is 126 Å². The number of piperazine rings is 1. The normalized spacial score (nSPS) is 17.0. The van der Waals surface area contributed by atoms with Crippen LogP contribution in [0.25, 0.3) is 0 Å². The number of sulfonamides is 1. The highest BCUT2D eigenvalue weighted by molar-refractivity contribution is 7.89. The second-order valence-electron chi connectivity index (χ2n) is 5.35. The van der Waals surface area contributed by atoms with E-state index < -0.39 is 10.0 Å². The quantitative estimate of drug-likeness (QED) is 0.834. The van der Waals surface area contributed by atoms with Gasteiger partial charge >= 0.3 is 0 Å². The molecule has 0 saturated carbocycles. The number of carbonyl (C=O) groups is 1. The van der Waals surface area contributed by atoms with Crippen LogP contribution in [0.4, 0.5) is 0 Å². The lowest BCUT2D eigenvalue weighted by Gasteiger charge is -2.33. The first-order valence-corrected chi connectivity index (χ1v) is 8.84. The summed E-state index contributed by atoms with van der Waals surface area (Å²) in [6.07, 6.45) is 0.377. The average molecular weight is 310 g/mol. The van der Waals surface area contributed by atoms with Gasteiger partial charge in [0.25, 0.3) is 0 Å². The van der Waals surface area contributed by atoms with Crippen LogP contribution in [0, 0.1) is 6.92 Å². The number of aryl methyl sites for hydroxylation is 1. The summed E-state index contributed by atoms with van der Waals surface area (Å²) < 4.78 is 25.0. The third-order valence-electron chi connectivity index (χ3n) is 3.79. The van der Waals surface area contributed by atoms with Crippen LogP contribution in [-0.4, -0.2) is 55.5 Å². The van der Waals surface area contributed by atoms with E-state index in [1.165, 1.54) is 4.31 Å². The van der Waals surface area contributed by atoms with Crippen LogP contribution in [-0.2, 0) is 21.2 Å². The predicted molar refractivity (Wildman–Crippen MR) is 82.5 cm³/mol. The minimum atomic E-state index is -3.14. The van der Waals surface area contributed by atoms with Crippen LogP contribution in [0.3, 0.4) is 0 Å². The van der Waals surface area contributed by atoms with E-state index in [2.05, 4.69) is 0 Å². The second kappa shape index (κ2) is 6.58. The van der Waals surface area contributed by atoms with Gasteiger partial charge in [-0.05, 0) is 19.4 Å². The molecule has 6 heteroatoms. The molecular formula is C15H22N2O3S. The first kappa shape index (κ1) is 16.0.